The van der Waals surface area contributed by atoms with E-state index in [0.29, 0.717) is 23.7 Å². The molecule has 4 N–H and O–H groups in total. The smallest absolute Gasteiger partial charge is 0.181 e. The number of anilines is 1. The summed E-state index contributed by atoms with van der Waals surface area (Å²) in [6, 6.07) is 0. The maximum absolute atomic E-state index is 10.2. The molecule has 0 spiro atoms. The van der Waals surface area contributed by atoms with Crippen molar-refractivity contribution in [2.75, 3.05) is 18.5 Å². The fraction of sp³-hybridized carbons (Fsp3) is 0.462. The van der Waals surface area contributed by atoms with Gasteiger partial charge < -0.3 is 25.4 Å². The summed E-state index contributed by atoms with van der Waals surface area (Å²) >= 11 is 0. The Kier molecular flexibility index (Phi) is 3.08. The molecule has 9 heteroatoms. The number of hydrogen-bond donors (Lipinski definition) is 4. The van der Waals surface area contributed by atoms with E-state index in [1.807, 2.05) is 12.2 Å². The SMILES string of the molecule is OC[C@H]1O[C@@H](n2nc3c4c(ncnc42)NCC=C3)[C@H](O)[C@@H]1O. The lowest BCUT2D eigenvalue weighted by atomic mass is 10.1. The number of nitrogens with one attached hydrogen (secondary N) is 1. The maximum atomic E-state index is 10.2. The summed E-state index contributed by atoms with van der Waals surface area (Å²) in [4.78, 5) is 8.42. The van der Waals surface area contributed by atoms with Crippen LogP contribution in [0.5, 0.6) is 0 Å². The molecule has 4 atom stereocenters. The van der Waals surface area contributed by atoms with Crippen LogP contribution in [0.25, 0.3) is 17.1 Å². The molecule has 2 aromatic heterocycles. The quantitative estimate of drug-likeness (QED) is 0.549. The van der Waals surface area contributed by atoms with E-state index < -0.39 is 24.5 Å². The second-order valence-electron chi connectivity index (χ2n) is 5.26. The van der Waals surface area contributed by atoms with Crippen molar-refractivity contribution in [2.45, 2.75) is 24.5 Å². The van der Waals surface area contributed by atoms with E-state index in [-0.39, 0.29) is 6.61 Å². The van der Waals surface area contributed by atoms with E-state index in [1.165, 1.54) is 11.0 Å². The van der Waals surface area contributed by atoms with E-state index >= 15 is 0 Å². The highest BCUT2D eigenvalue weighted by Crippen LogP contribution is 2.34. The van der Waals surface area contributed by atoms with Gasteiger partial charge in [0.15, 0.2) is 11.9 Å². The van der Waals surface area contributed by atoms with Crippen molar-refractivity contribution in [3.8, 4) is 0 Å². The van der Waals surface area contributed by atoms with Crippen molar-refractivity contribution in [3.05, 3.63) is 18.1 Å². The van der Waals surface area contributed by atoms with Crippen LogP contribution in [0.2, 0.25) is 0 Å². The van der Waals surface area contributed by atoms with E-state index in [2.05, 4.69) is 20.4 Å². The van der Waals surface area contributed by atoms with Crippen LogP contribution in [0.1, 0.15) is 11.9 Å². The molecular weight excluding hydrogens is 290 g/mol. The third-order valence-electron chi connectivity index (χ3n) is 3.94. The molecule has 2 aliphatic rings. The minimum atomic E-state index is -1.20. The van der Waals surface area contributed by atoms with Gasteiger partial charge in [-0.2, -0.15) is 5.10 Å². The Hall–Kier alpha value is -2.07. The van der Waals surface area contributed by atoms with Crippen LogP contribution in [0.15, 0.2) is 12.4 Å². The first-order chi connectivity index (χ1) is 10.7. The Bertz CT molecular complexity index is 745. The van der Waals surface area contributed by atoms with Gasteiger partial charge in [-0.15, -0.1) is 0 Å². The van der Waals surface area contributed by atoms with Crippen LogP contribution in [0.3, 0.4) is 0 Å². The number of aliphatic hydroxyl groups excluding tert-OH is 3. The molecule has 1 saturated heterocycles. The summed E-state index contributed by atoms with van der Waals surface area (Å²) in [6.45, 7) is 0.249. The molecule has 22 heavy (non-hydrogen) atoms. The molecule has 1 fully saturated rings. The monoisotopic (exact) mass is 305 g/mol. The van der Waals surface area contributed by atoms with Gasteiger partial charge in [0.05, 0.1) is 17.7 Å². The summed E-state index contributed by atoms with van der Waals surface area (Å²) in [6.07, 6.45) is 0.994. The molecule has 0 radical (unpaired) electrons. The van der Waals surface area contributed by atoms with Crippen molar-refractivity contribution in [1.82, 2.24) is 19.7 Å². The predicted octanol–water partition coefficient (Wildman–Crippen LogP) is -1.12. The van der Waals surface area contributed by atoms with Crippen molar-refractivity contribution in [1.29, 1.82) is 0 Å². The second-order valence-corrected chi connectivity index (χ2v) is 5.26. The van der Waals surface area contributed by atoms with Crippen LogP contribution in [-0.2, 0) is 4.74 Å². The van der Waals surface area contributed by atoms with Gasteiger partial charge in [0.25, 0.3) is 0 Å². The average Bonchev–Trinajstić information content (AvgIpc) is 2.94. The van der Waals surface area contributed by atoms with Crippen LogP contribution in [0.4, 0.5) is 5.82 Å². The second kappa shape index (κ2) is 4.99. The van der Waals surface area contributed by atoms with Gasteiger partial charge in [-0.1, -0.05) is 6.08 Å². The fourth-order valence-corrected chi connectivity index (χ4v) is 2.84. The number of ether oxygens (including phenoxy) is 1. The molecule has 0 aromatic carbocycles. The van der Waals surface area contributed by atoms with Crippen LogP contribution in [0, 0.1) is 0 Å². The predicted molar refractivity (Wildman–Crippen MR) is 75.9 cm³/mol. The third-order valence-corrected chi connectivity index (χ3v) is 3.94. The molecule has 9 nitrogen and oxygen atoms in total. The first-order valence-corrected chi connectivity index (χ1v) is 6.97. The zero-order chi connectivity index (χ0) is 15.3. The summed E-state index contributed by atoms with van der Waals surface area (Å²) in [5, 5.41) is 37.6. The van der Waals surface area contributed by atoms with Gasteiger partial charge in [0.2, 0.25) is 0 Å². The van der Waals surface area contributed by atoms with E-state index in [9.17, 15) is 15.3 Å². The highest BCUT2D eigenvalue weighted by molar-refractivity contribution is 5.94. The van der Waals surface area contributed by atoms with Crippen molar-refractivity contribution < 1.29 is 20.1 Å². The van der Waals surface area contributed by atoms with E-state index in [1.54, 1.807) is 0 Å². The van der Waals surface area contributed by atoms with Gasteiger partial charge >= 0.3 is 0 Å². The maximum Gasteiger partial charge on any atom is 0.181 e. The fourth-order valence-electron chi connectivity index (χ4n) is 2.84. The lowest BCUT2D eigenvalue weighted by Crippen LogP contribution is -2.33. The minimum absolute atomic E-state index is 0.386. The van der Waals surface area contributed by atoms with Crippen molar-refractivity contribution in [3.63, 3.8) is 0 Å². The van der Waals surface area contributed by atoms with Crippen LogP contribution < -0.4 is 5.32 Å². The first kappa shape index (κ1) is 13.6. The Labute approximate surface area is 124 Å². The number of hydrogen-bond acceptors (Lipinski definition) is 8. The Morgan fingerprint density at radius 1 is 1.32 bits per heavy atom. The summed E-state index contributed by atoms with van der Waals surface area (Å²) in [5.74, 6) is 0.656. The lowest BCUT2D eigenvalue weighted by molar-refractivity contribution is -0.0566. The van der Waals surface area contributed by atoms with Gasteiger partial charge in [-0.25, -0.2) is 14.6 Å². The molecule has 2 aliphatic heterocycles. The Morgan fingerprint density at radius 2 is 2.18 bits per heavy atom. The van der Waals surface area contributed by atoms with Gasteiger partial charge in [-0.3, -0.25) is 0 Å². The topological polar surface area (TPSA) is 126 Å². The molecule has 0 bridgehead atoms. The number of aliphatic hydroxyl groups is 3. The highest BCUT2D eigenvalue weighted by atomic mass is 16.6. The van der Waals surface area contributed by atoms with Crippen molar-refractivity contribution in [2.24, 2.45) is 0 Å². The normalized spacial score (nSPS) is 30.5. The van der Waals surface area contributed by atoms with Gasteiger partial charge in [0.1, 0.15) is 30.5 Å². The van der Waals surface area contributed by atoms with E-state index in [0.717, 1.165) is 5.39 Å². The standard InChI is InChI=1S/C13H15N5O4/c19-4-7-9(20)10(21)13(22-7)18-12-8-6(17-18)2-1-3-14-11(8)15-5-16-12/h1-2,5,7,9-10,13,19-21H,3-4H2,(H,14,15,16)/t7-,9-,10-,13-/m1/s1. The molecule has 0 unspecified atom stereocenters. The molecule has 0 amide bonds. The van der Waals surface area contributed by atoms with Gasteiger partial charge in [-0.05, 0) is 6.08 Å². The lowest BCUT2D eigenvalue weighted by Gasteiger charge is -2.15. The molecule has 0 aliphatic carbocycles. The third kappa shape index (κ3) is 1.83. The number of aromatic nitrogens is 4. The Balaban J connectivity index is 1.86. The van der Waals surface area contributed by atoms with E-state index in [4.69, 9.17) is 4.74 Å². The summed E-state index contributed by atoms with van der Waals surface area (Å²) < 4.78 is 6.95. The molecule has 4 heterocycles. The number of rotatable bonds is 2. The first-order valence-electron chi connectivity index (χ1n) is 6.97. The van der Waals surface area contributed by atoms with Gasteiger partial charge in [0, 0.05) is 6.54 Å². The molecular formula is C13H15N5O4. The zero-order valence-electron chi connectivity index (χ0n) is 11.5. The Morgan fingerprint density at radius 3 is 2.95 bits per heavy atom. The zero-order valence-corrected chi connectivity index (χ0v) is 11.5. The largest absolute Gasteiger partial charge is 0.394 e. The molecule has 0 saturated carbocycles. The van der Waals surface area contributed by atoms with Crippen molar-refractivity contribution >= 4 is 22.9 Å². The number of nitrogens with zero attached hydrogens (tertiary/aromatic N) is 4. The molecule has 4 rings (SSSR count). The molecule has 2 aromatic rings. The highest BCUT2D eigenvalue weighted by Gasteiger charge is 2.44. The average molecular weight is 305 g/mol. The minimum Gasteiger partial charge on any atom is -0.394 e. The molecule has 116 valence electrons. The summed E-state index contributed by atoms with van der Waals surface area (Å²) in [7, 11) is 0. The summed E-state index contributed by atoms with van der Waals surface area (Å²) in [5.41, 5.74) is 1.15. The van der Waals surface area contributed by atoms with Crippen LogP contribution >= 0.6 is 0 Å². The van der Waals surface area contributed by atoms with Crippen LogP contribution in [-0.4, -0.2) is 66.5 Å².